The topological polar surface area (TPSA) is 59.0 Å². The fourth-order valence-electron chi connectivity index (χ4n) is 3.07. The zero-order chi connectivity index (χ0) is 14.9. The Morgan fingerprint density at radius 1 is 1.14 bits per heavy atom. The summed E-state index contributed by atoms with van der Waals surface area (Å²) in [4.78, 5) is 14.0. The average Bonchev–Trinajstić information content (AvgIpc) is 2.92. The van der Waals surface area contributed by atoms with E-state index >= 15 is 0 Å². The van der Waals surface area contributed by atoms with Crippen LogP contribution in [-0.2, 0) is 10.3 Å². The van der Waals surface area contributed by atoms with Crippen molar-refractivity contribution in [3.63, 3.8) is 0 Å². The van der Waals surface area contributed by atoms with Gasteiger partial charge in [0, 0.05) is 6.42 Å². The minimum absolute atomic E-state index is 0.601. The number of fused-ring (bicyclic) bond motifs is 1. The van der Waals surface area contributed by atoms with Crippen LogP contribution in [0.1, 0.15) is 31.7 Å². The van der Waals surface area contributed by atoms with Crippen molar-refractivity contribution >= 4 is 5.97 Å². The van der Waals surface area contributed by atoms with Crippen molar-refractivity contribution in [2.24, 2.45) is 0 Å². The number of ether oxygens (including phenoxy) is 2. The Kier molecular flexibility index (Phi) is 3.76. The predicted molar refractivity (Wildman–Crippen MR) is 77.8 cm³/mol. The molecule has 0 radical (unpaired) electrons. The van der Waals surface area contributed by atoms with Gasteiger partial charge >= 0.3 is 5.97 Å². The molecule has 0 aromatic heterocycles. The summed E-state index contributed by atoms with van der Waals surface area (Å²) in [5, 5.41) is 9.79. The first-order chi connectivity index (χ1) is 10.1. The maximum atomic E-state index is 11.9. The number of carboxylic acid groups (broad SMARTS) is 1. The third-order valence-corrected chi connectivity index (χ3v) is 4.46. The van der Waals surface area contributed by atoms with Crippen molar-refractivity contribution in [2.75, 3.05) is 26.3 Å². The van der Waals surface area contributed by atoms with Crippen LogP contribution in [-0.4, -0.2) is 42.3 Å². The number of hydrogen-bond acceptors (Lipinski definition) is 4. The molecule has 0 aliphatic carbocycles. The molecule has 1 saturated heterocycles. The molecule has 0 bridgehead atoms. The van der Waals surface area contributed by atoms with Crippen molar-refractivity contribution in [1.29, 1.82) is 0 Å². The fraction of sp³-hybridized carbons (Fsp3) is 0.562. The molecule has 5 nitrogen and oxygen atoms in total. The minimum Gasteiger partial charge on any atom is -0.490 e. The highest BCUT2D eigenvalue weighted by Gasteiger charge is 2.42. The molecule has 1 N–H and O–H groups in total. The van der Waals surface area contributed by atoms with Crippen LogP contribution in [0.25, 0.3) is 0 Å². The zero-order valence-electron chi connectivity index (χ0n) is 12.3. The Labute approximate surface area is 124 Å². The number of aliphatic carboxylic acids is 1. The van der Waals surface area contributed by atoms with Crippen LogP contribution in [0.5, 0.6) is 11.5 Å². The largest absolute Gasteiger partial charge is 0.490 e. The van der Waals surface area contributed by atoms with Crippen molar-refractivity contribution in [2.45, 2.75) is 31.7 Å². The van der Waals surface area contributed by atoms with Crippen LogP contribution < -0.4 is 9.47 Å². The molecule has 3 rings (SSSR count). The van der Waals surface area contributed by atoms with Gasteiger partial charge in [0.05, 0.1) is 13.2 Å². The highest BCUT2D eigenvalue weighted by molar-refractivity contribution is 5.80. The summed E-state index contributed by atoms with van der Waals surface area (Å²) >= 11 is 0. The number of nitrogens with zero attached hydrogens (tertiary/aromatic N) is 1. The average molecular weight is 291 g/mol. The number of benzene rings is 1. The second-order valence-electron chi connectivity index (χ2n) is 5.78. The fourth-order valence-corrected chi connectivity index (χ4v) is 3.07. The summed E-state index contributed by atoms with van der Waals surface area (Å²) < 4.78 is 11.3. The van der Waals surface area contributed by atoms with E-state index < -0.39 is 11.5 Å². The molecular formula is C16H21NO4. The molecule has 1 unspecified atom stereocenters. The Morgan fingerprint density at radius 3 is 2.48 bits per heavy atom. The maximum absolute atomic E-state index is 11.9. The third kappa shape index (κ3) is 2.46. The summed E-state index contributed by atoms with van der Waals surface area (Å²) in [6.45, 7) is 4.65. The zero-order valence-corrected chi connectivity index (χ0v) is 12.3. The molecule has 114 valence electrons. The lowest BCUT2D eigenvalue weighted by Crippen LogP contribution is -2.48. The van der Waals surface area contributed by atoms with Gasteiger partial charge in [-0.1, -0.05) is 6.07 Å². The molecular weight excluding hydrogens is 270 g/mol. The van der Waals surface area contributed by atoms with Crippen LogP contribution in [0.2, 0.25) is 0 Å². The van der Waals surface area contributed by atoms with Crippen molar-refractivity contribution in [3.05, 3.63) is 23.8 Å². The van der Waals surface area contributed by atoms with Crippen LogP contribution in [0.3, 0.4) is 0 Å². The molecule has 0 spiro atoms. The van der Waals surface area contributed by atoms with Crippen LogP contribution in [0, 0.1) is 0 Å². The van der Waals surface area contributed by atoms with Gasteiger partial charge in [-0.15, -0.1) is 0 Å². The van der Waals surface area contributed by atoms with Crippen LogP contribution >= 0.6 is 0 Å². The standard InChI is InChI=1S/C16H21NO4/c1-16(15(18)19,17-7-2-3-8-17)12-5-6-13-14(11-12)21-10-4-9-20-13/h5-6,11H,2-4,7-10H2,1H3,(H,18,19). The van der Waals surface area contributed by atoms with Gasteiger partial charge in [-0.05, 0) is 50.6 Å². The van der Waals surface area contributed by atoms with Gasteiger partial charge in [-0.25, -0.2) is 4.79 Å². The Morgan fingerprint density at radius 2 is 1.81 bits per heavy atom. The predicted octanol–water partition coefficient (Wildman–Crippen LogP) is 2.24. The highest BCUT2D eigenvalue weighted by atomic mass is 16.5. The summed E-state index contributed by atoms with van der Waals surface area (Å²) in [7, 11) is 0. The molecule has 2 aliphatic rings. The molecule has 2 aliphatic heterocycles. The van der Waals surface area contributed by atoms with E-state index in [0.29, 0.717) is 24.7 Å². The quantitative estimate of drug-likeness (QED) is 0.925. The van der Waals surface area contributed by atoms with E-state index in [1.165, 1.54) is 0 Å². The van der Waals surface area contributed by atoms with Crippen molar-refractivity contribution in [1.82, 2.24) is 4.90 Å². The molecule has 1 aromatic rings. The molecule has 0 saturated carbocycles. The lowest BCUT2D eigenvalue weighted by Gasteiger charge is -2.35. The van der Waals surface area contributed by atoms with E-state index in [9.17, 15) is 9.90 Å². The number of carbonyl (C=O) groups is 1. The second-order valence-corrected chi connectivity index (χ2v) is 5.78. The van der Waals surface area contributed by atoms with Gasteiger partial charge < -0.3 is 14.6 Å². The summed E-state index contributed by atoms with van der Waals surface area (Å²) in [6.07, 6.45) is 2.94. The first-order valence-corrected chi connectivity index (χ1v) is 7.51. The van der Waals surface area contributed by atoms with Crippen LogP contribution in [0.4, 0.5) is 0 Å². The summed E-state index contributed by atoms with van der Waals surface area (Å²) in [5.74, 6) is 0.529. The van der Waals surface area contributed by atoms with E-state index in [2.05, 4.69) is 0 Å². The van der Waals surface area contributed by atoms with E-state index in [0.717, 1.165) is 37.9 Å². The van der Waals surface area contributed by atoms with Gasteiger partial charge in [-0.3, -0.25) is 4.90 Å². The monoisotopic (exact) mass is 291 g/mol. The van der Waals surface area contributed by atoms with E-state index in [4.69, 9.17) is 9.47 Å². The first-order valence-electron chi connectivity index (χ1n) is 7.51. The Bertz CT molecular complexity index is 539. The smallest absolute Gasteiger partial charge is 0.328 e. The first kappa shape index (κ1) is 14.2. The van der Waals surface area contributed by atoms with Gasteiger partial charge in [0.15, 0.2) is 11.5 Å². The number of hydrogen-bond donors (Lipinski definition) is 1. The van der Waals surface area contributed by atoms with Crippen LogP contribution in [0.15, 0.2) is 18.2 Å². The number of rotatable bonds is 3. The SMILES string of the molecule is CC(C(=O)O)(c1ccc2c(c1)OCCCO2)N1CCCC1. The molecule has 2 heterocycles. The van der Waals surface area contributed by atoms with Gasteiger partial charge in [0.1, 0.15) is 5.54 Å². The summed E-state index contributed by atoms with van der Waals surface area (Å²) in [5.41, 5.74) is -0.262. The maximum Gasteiger partial charge on any atom is 0.328 e. The van der Waals surface area contributed by atoms with Gasteiger partial charge in [-0.2, -0.15) is 0 Å². The normalized spacial score (nSPS) is 21.6. The highest BCUT2D eigenvalue weighted by Crippen LogP contribution is 2.38. The number of likely N-dealkylation sites (tertiary alicyclic amines) is 1. The van der Waals surface area contributed by atoms with Crippen molar-refractivity contribution < 1.29 is 19.4 Å². The second kappa shape index (κ2) is 5.56. The van der Waals surface area contributed by atoms with E-state index in [1.807, 2.05) is 23.1 Å². The molecule has 1 aromatic carbocycles. The third-order valence-electron chi connectivity index (χ3n) is 4.46. The molecule has 5 heteroatoms. The lowest BCUT2D eigenvalue weighted by molar-refractivity contribution is -0.150. The lowest BCUT2D eigenvalue weighted by atomic mass is 9.90. The Balaban J connectivity index is 2.00. The van der Waals surface area contributed by atoms with Gasteiger partial charge in [0.25, 0.3) is 0 Å². The van der Waals surface area contributed by atoms with Crippen molar-refractivity contribution in [3.8, 4) is 11.5 Å². The number of carboxylic acids is 1. The molecule has 1 atom stereocenters. The van der Waals surface area contributed by atoms with Gasteiger partial charge in [0.2, 0.25) is 0 Å². The Hall–Kier alpha value is -1.75. The molecule has 1 fully saturated rings. The van der Waals surface area contributed by atoms with E-state index in [-0.39, 0.29) is 0 Å². The van der Waals surface area contributed by atoms with E-state index in [1.54, 1.807) is 6.92 Å². The molecule has 21 heavy (non-hydrogen) atoms. The summed E-state index contributed by atoms with van der Waals surface area (Å²) in [6, 6.07) is 5.50. The minimum atomic E-state index is -1.01. The molecule has 0 amide bonds.